The molecular formula is C15H30O2. The van der Waals surface area contributed by atoms with E-state index in [1.165, 1.54) is 25.7 Å². The highest BCUT2D eigenvalue weighted by Gasteiger charge is 2.29. The molecule has 17 heavy (non-hydrogen) atoms. The van der Waals surface area contributed by atoms with E-state index < -0.39 is 5.97 Å². The van der Waals surface area contributed by atoms with Crippen LogP contribution in [0.4, 0.5) is 0 Å². The molecule has 2 heteroatoms. The molecule has 2 atom stereocenters. The molecule has 0 radical (unpaired) electrons. The smallest absolute Gasteiger partial charge is 0.307 e. The predicted molar refractivity (Wildman–Crippen MR) is 73.1 cm³/mol. The maximum Gasteiger partial charge on any atom is 0.307 e. The van der Waals surface area contributed by atoms with Gasteiger partial charge >= 0.3 is 5.97 Å². The van der Waals surface area contributed by atoms with Crippen molar-refractivity contribution in [3.05, 3.63) is 0 Å². The third-order valence-corrected chi connectivity index (χ3v) is 3.60. The lowest BCUT2D eigenvalue weighted by atomic mass is 9.78. The Morgan fingerprint density at radius 2 is 1.65 bits per heavy atom. The van der Waals surface area contributed by atoms with E-state index in [2.05, 4.69) is 13.8 Å². The normalized spacial score (nSPS) is 14.9. The summed E-state index contributed by atoms with van der Waals surface area (Å²) in [5.74, 6) is -0.143. The molecule has 2 nitrogen and oxygen atoms in total. The first kappa shape index (κ1) is 16.5. The standard InChI is InChI=1S/C15H30O2/c1-5-7-8-9-11-13(10-6-2)14(12(3)4)15(16)17/h12-14H,5-11H2,1-4H3,(H,16,17). The fourth-order valence-electron chi connectivity index (χ4n) is 2.74. The van der Waals surface area contributed by atoms with E-state index in [9.17, 15) is 9.90 Å². The zero-order chi connectivity index (χ0) is 13.3. The molecule has 0 aliphatic rings. The highest BCUT2D eigenvalue weighted by molar-refractivity contribution is 5.70. The van der Waals surface area contributed by atoms with Crippen LogP contribution in [0.1, 0.15) is 72.6 Å². The van der Waals surface area contributed by atoms with Crippen molar-refractivity contribution in [2.45, 2.75) is 72.6 Å². The molecule has 0 fully saturated rings. The minimum absolute atomic E-state index is 0.156. The summed E-state index contributed by atoms with van der Waals surface area (Å²) in [4.78, 5) is 11.3. The second kappa shape index (κ2) is 9.49. The van der Waals surface area contributed by atoms with Crippen LogP contribution >= 0.6 is 0 Å². The van der Waals surface area contributed by atoms with E-state index in [0.717, 1.165) is 19.3 Å². The van der Waals surface area contributed by atoms with E-state index in [1.54, 1.807) is 0 Å². The number of carboxylic acids is 1. The molecule has 0 heterocycles. The fraction of sp³-hybridized carbons (Fsp3) is 0.933. The lowest BCUT2D eigenvalue weighted by Gasteiger charge is -2.26. The van der Waals surface area contributed by atoms with Crippen molar-refractivity contribution in [2.75, 3.05) is 0 Å². The van der Waals surface area contributed by atoms with Gasteiger partial charge in [-0.15, -0.1) is 0 Å². The van der Waals surface area contributed by atoms with Crippen LogP contribution in [0.15, 0.2) is 0 Å². The van der Waals surface area contributed by atoms with Gasteiger partial charge in [0, 0.05) is 0 Å². The lowest BCUT2D eigenvalue weighted by molar-refractivity contribution is -0.145. The SMILES string of the molecule is CCCCCCC(CCC)C(C(=O)O)C(C)C. The van der Waals surface area contributed by atoms with Gasteiger partial charge in [-0.1, -0.05) is 59.8 Å². The number of carboxylic acid groups (broad SMARTS) is 1. The molecule has 0 spiro atoms. The van der Waals surface area contributed by atoms with Crippen LogP contribution in [0.3, 0.4) is 0 Å². The number of unbranched alkanes of at least 4 members (excludes halogenated alkanes) is 3. The number of hydrogen-bond acceptors (Lipinski definition) is 1. The second-order valence-corrected chi connectivity index (χ2v) is 5.51. The Hall–Kier alpha value is -0.530. The molecule has 0 bridgehead atoms. The molecule has 0 aliphatic carbocycles. The summed E-state index contributed by atoms with van der Waals surface area (Å²) < 4.78 is 0. The summed E-state index contributed by atoms with van der Waals surface area (Å²) >= 11 is 0. The van der Waals surface area contributed by atoms with E-state index in [1.807, 2.05) is 13.8 Å². The summed E-state index contributed by atoms with van der Waals surface area (Å²) in [6.07, 6.45) is 8.19. The Balaban J connectivity index is 4.30. The first-order valence-electron chi connectivity index (χ1n) is 7.27. The Labute approximate surface area is 107 Å². The van der Waals surface area contributed by atoms with Crippen molar-refractivity contribution in [2.24, 2.45) is 17.8 Å². The quantitative estimate of drug-likeness (QED) is 0.562. The van der Waals surface area contributed by atoms with Gasteiger partial charge in [-0.2, -0.15) is 0 Å². The Morgan fingerprint density at radius 1 is 1.00 bits per heavy atom. The van der Waals surface area contributed by atoms with Gasteiger partial charge in [0.15, 0.2) is 0 Å². The highest BCUT2D eigenvalue weighted by atomic mass is 16.4. The molecule has 0 saturated carbocycles. The first-order chi connectivity index (χ1) is 8.04. The topological polar surface area (TPSA) is 37.3 Å². The van der Waals surface area contributed by atoms with Crippen molar-refractivity contribution >= 4 is 5.97 Å². The first-order valence-corrected chi connectivity index (χ1v) is 7.27. The third kappa shape index (κ3) is 6.70. The summed E-state index contributed by atoms with van der Waals surface area (Å²) in [5.41, 5.74) is 0. The van der Waals surface area contributed by atoms with E-state index in [0.29, 0.717) is 5.92 Å². The molecule has 2 unspecified atom stereocenters. The van der Waals surface area contributed by atoms with E-state index >= 15 is 0 Å². The van der Waals surface area contributed by atoms with Crippen LogP contribution in [-0.2, 0) is 4.79 Å². The van der Waals surface area contributed by atoms with Gasteiger partial charge in [0.05, 0.1) is 5.92 Å². The van der Waals surface area contributed by atoms with E-state index in [-0.39, 0.29) is 11.8 Å². The van der Waals surface area contributed by atoms with Crippen molar-refractivity contribution in [3.8, 4) is 0 Å². The molecule has 102 valence electrons. The van der Waals surface area contributed by atoms with Crippen LogP contribution < -0.4 is 0 Å². The van der Waals surface area contributed by atoms with Crippen LogP contribution in [0.25, 0.3) is 0 Å². The zero-order valence-corrected chi connectivity index (χ0v) is 12.0. The largest absolute Gasteiger partial charge is 0.481 e. The maximum atomic E-state index is 11.3. The highest BCUT2D eigenvalue weighted by Crippen LogP contribution is 2.30. The van der Waals surface area contributed by atoms with Gasteiger partial charge in [0.1, 0.15) is 0 Å². The van der Waals surface area contributed by atoms with Crippen LogP contribution in [-0.4, -0.2) is 11.1 Å². The van der Waals surface area contributed by atoms with Crippen LogP contribution in [0, 0.1) is 17.8 Å². The van der Waals surface area contributed by atoms with Gasteiger partial charge in [0.25, 0.3) is 0 Å². The van der Waals surface area contributed by atoms with Gasteiger partial charge in [-0.25, -0.2) is 0 Å². The van der Waals surface area contributed by atoms with Gasteiger partial charge in [-0.05, 0) is 24.7 Å². The Bertz CT molecular complexity index is 199. The Morgan fingerprint density at radius 3 is 2.06 bits per heavy atom. The molecule has 0 amide bonds. The zero-order valence-electron chi connectivity index (χ0n) is 12.0. The van der Waals surface area contributed by atoms with Crippen LogP contribution in [0.5, 0.6) is 0 Å². The summed E-state index contributed by atoms with van der Waals surface area (Å²) in [6.45, 7) is 8.43. The average molecular weight is 242 g/mol. The molecule has 0 aromatic carbocycles. The average Bonchev–Trinajstić information content (AvgIpc) is 2.23. The summed E-state index contributed by atoms with van der Waals surface area (Å²) in [5, 5.41) is 9.34. The second-order valence-electron chi connectivity index (χ2n) is 5.51. The number of carbonyl (C=O) groups is 1. The molecule has 0 rings (SSSR count). The lowest BCUT2D eigenvalue weighted by Crippen LogP contribution is -2.28. The molecule has 0 aromatic rings. The van der Waals surface area contributed by atoms with Gasteiger partial charge in [0.2, 0.25) is 0 Å². The minimum Gasteiger partial charge on any atom is -0.481 e. The Kier molecular flexibility index (Phi) is 9.20. The van der Waals surface area contributed by atoms with Gasteiger partial charge in [-0.3, -0.25) is 4.79 Å². The predicted octanol–water partition coefficient (Wildman–Crippen LogP) is 4.73. The van der Waals surface area contributed by atoms with Crippen LogP contribution in [0.2, 0.25) is 0 Å². The molecule has 0 aromatic heterocycles. The molecule has 1 N–H and O–H groups in total. The number of aliphatic carboxylic acids is 1. The maximum absolute atomic E-state index is 11.3. The van der Waals surface area contributed by atoms with Crippen molar-refractivity contribution in [1.82, 2.24) is 0 Å². The van der Waals surface area contributed by atoms with Crippen molar-refractivity contribution in [3.63, 3.8) is 0 Å². The third-order valence-electron chi connectivity index (χ3n) is 3.60. The monoisotopic (exact) mass is 242 g/mol. The summed E-state index contributed by atoms with van der Waals surface area (Å²) in [6, 6.07) is 0. The summed E-state index contributed by atoms with van der Waals surface area (Å²) in [7, 11) is 0. The van der Waals surface area contributed by atoms with Gasteiger partial charge < -0.3 is 5.11 Å². The fourth-order valence-corrected chi connectivity index (χ4v) is 2.74. The van der Waals surface area contributed by atoms with Crippen molar-refractivity contribution < 1.29 is 9.90 Å². The molecule has 0 saturated heterocycles. The van der Waals surface area contributed by atoms with Crippen molar-refractivity contribution in [1.29, 1.82) is 0 Å². The number of rotatable bonds is 10. The molecule has 0 aliphatic heterocycles. The van der Waals surface area contributed by atoms with E-state index in [4.69, 9.17) is 0 Å². The molecular weight excluding hydrogens is 212 g/mol. The minimum atomic E-state index is -0.603. The number of hydrogen-bond donors (Lipinski definition) is 1.